The summed E-state index contributed by atoms with van der Waals surface area (Å²) in [4.78, 5) is 11.7. The average Bonchev–Trinajstić information content (AvgIpc) is 2.42. The Balaban J connectivity index is 2.08. The van der Waals surface area contributed by atoms with Crippen molar-refractivity contribution in [3.63, 3.8) is 0 Å². The minimum Gasteiger partial charge on any atom is -0.338 e. The van der Waals surface area contributed by atoms with Crippen molar-refractivity contribution in [2.45, 2.75) is 52.5 Å². The van der Waals surface area contributed by atoms with Crippen LogP contribution < -0.4 is 10.6 Å². The van der Waals surface area contributed by atoms with E-state index in [1.807, 2.05) is 18.2 Å². The quantitative estimate of drug-likeness (QED) is 0.698. The maximum atomic E-state index is 11.7. The first-order valence-electron chi connectivity index (χ1n) is 7.66. The van der Waals surface area contributed by atoms with Crippen LogP contribution in [0.5, 0.6) is 0 Å². The van der Waals surface area contributed by atoms with E-state index in [1.165, 1.54) is 5.56 Å². The van der Waals surface area contributed by atoms with Crippen LogP contribution in [0.1, 0.15) is 45.6 Å². The van der Waals surface area contributed by atoms with Gasteiger partial charge in [-0.1, -0.05) is 44.2 Å². The zero-order valence-corrected chi connectivity index (χ0v) is 13.0. The Morgan fingerprint density at radius 2 is 1.80 bits per heavy atom. The molecule has 0 heterocycles. The molecule has 0 bridgehead atoms. The number of nitrogens with one attached hydrogen (secondary N) is 2. The Kier molecular flexibility index (Phi) is 7.78. The Morgan fingerprint density at radius 1 is 1.10 bits per heavy atom. The van der Waals surface area contributed by atoms with E-state index in [9.17, 15) is 4.79 Å². The lowest BCUT2D eigenvalue weighted by molar-refractivity contribution is 0.236. The van der Waals surface area contributed by atoms with Gasteiger partial charge in [0.15, 0.2) is 0 Å². The van der Waals surface area contributed by atoms with E-state index in [1.54, 1.807) is 0 Å². The van der Waals surface area contributed by atoms with E-state index in [4.69, 9.17) is 0 Å². The topological polar surface area (TPSA) is 41.1 Å². The van der Waals surface area contributed by atoms with Gasteiger partial charge in [0.2, 0.25) is 0 Å². The van der Waals surface area contributed by atoms with Crippen molar-refractivity contribution in [3.05, 3.63) is 35.9 Å². The van der Waals surface area contributed by atoms with Crippen LogP contribution in [0.3, 0.4) is 0 Å². The minimum absolute atomic E-state index is 0.0469. The van der Waals surface area contributed by atoms with Crippen molar-refractivity contribution >= 4 is 6.03 Å². The van der Waals surface area contributed by atoms with Crippen molar-refractivity contribution in [3.8, 4) is 0 Å². The third-order valence-corrected chi connectivity index (χ3v) is 3.33. The molecule has 0 saturated heterocycles. The smallest absolute Gasteiger partial charge is 0.314 e. The van der Waals surface area contributed by atoms with Crippen molar-refractivity contribution in [2.24, 2.45) is 5.92 Å². The lowest BCUT2D eigenvalue weighted by Crippen LogP contribution is -2.41. The number of amides is 2. The molecule has 1 rings (SSSR count). The van der Waals surface area contributed by atoms with Gasteiger partial charge >= 0.3 is 6.03 Å². The Hall–Kier alpha value is -1.51. The Morgan fingerprint density at radius 3 is 2.45 bits per heavy atom. The average molecular weight is 276 g/mol. The van der Waals surface area contributed by atoms with E-state index in [0.717, 1.165) is 32.2 Å². The number of benzene rings is 1. The summed E-state index contributed by atoms with van der Waals surface area (Å²) >= 11 is 0. The van der Waals surface area contributed by atoms with E-state index < -0.39 is 0 Å². The van der Waals surface area contributed by atoms with Gasteiger partial charge in [-0.2, -0.15) is 0 Å². The fourth-order valence-corrected chi connectivity index (χ4v) is 2.07. The molecule has 0 fully saturated rings. The first kappa shape index (κ1) is 16.5. The monoisotopic (exact) mass is 276 g/mol. The van der Waals surface area contributed by atoms with Gasteiger partial charge in [0, 0.05) is 12.6 Å². The maximum Gasteiger partial charge on any atom is 0.314 e. The van der Waals surface area contributed by atoms with Gasteiger partial charge in [0.25, 0.3) is 0 Å². The molecule has 1 aromatic rings. The molecule has 0 aliphatic rings. The first-order chi connectivity index (χ1) is 9.58. The summed E-state index contributed by atoms with van der Waals surface area (Å²) in [6, 6.07) is 10.5. The molecule has 1 aromatic carbocycles. The van der Waals surface area contributed by atoms with Crippen LogP contribution in [0.2, 0.25) is 0 Å². The van der Waals surface area contributed by atoms with Crippen LogP contribution >= 0.6 is 0 Å². The fraction of sp³-hybridized carbons (Fsp3) is 0.588. The molecule has 3 heteroatoms. The number of hydrogen-bond acceptors (Lipinski definition) is 1. The predicted molar refractivity (Wildman–Crippen MR) is 84.8 cm³/mol. The molecule has 1 atom stereocenters. The van der Waals surface area contributed by atoms with Crippen LogP contribution in [-0.4, -0.2) is 18.6 Å². The van der Waals surface area contributed by atoms with Gasteiger partial charge in [-0.25, -0.2) is 4.79 Å². The molecule has 0 aliphatic heterocycles. The first-order valence-corrected chi connectivity index (χ1v) is 7.66. The molecule has 0 aliphatic carbocycles. The van der Waals surface area contributed by atoms with Gasteiger partial charge < -0.3 is 10.6 Å². The molecule has 2 N–H and O–H groups in total. The summed E-state index contributed by atoms with van der Waals surface area (Å²) < 4.78 is 0. The molecular formula is C17H28N2O. The molecular weight excluding hydrogens is 248 g/mol. The zero-order valence-electron chi connectivity index (χ0n) is 13.0. The molecule has 0 spiro atoms. The lowest BCUT2D eigenvalue weighted by atomic mass is 10.0. The van der Waals surface area contributed by atoms with Crippen LogP contribution in [-0.2, 0) is 6.42 Å². The highest BCUT2D eigenvalue weighted by atomic mass is 16.2. The zero-order chi connectivity index (χ0) is 14.8. The number of carbonyl (C=O) groups is 1. The normalized spacial score (nSPS) is 12.2. The summed E-state index contributed by atoms with van der Waals surface area (Å²) in [6.45, 7) is 7.19. The molecule has 3 nitrogen and oxygen atoms in total. The summed E-state index contributed by atoms with van der Waals surface area (Å²) in [6.07, 6.45) is 4.16. The number of carbonyl (C=O) groups excluding carboxylic acids is 1. The Bertz CT molecular complexity index is 376. The van der Waals surface area contributed by atoms with Crippen LogP contribution in [0, 0.1) is 5.92 Å². The predicted octanol–water partition coefficient (Wildman–Crippen LogP) is 3.74. The lowest BCUT2D eigenvalue weighted by Gasteiger charge is -2.15. The van der Waals surface area contributed by atoms with Gasteiger partial charge in [-0.3, -0.25) is 0 Å². The van der Waals surface area contributed by atoms with Crippen LogP contribution in [0.4, 0.5) is 4.79 Å². The number of rotatable bonds is 8. The second-order valence-corrected chi connectivity index (χ2v) is 5.86. The van der Waals surface area contributed by atoms with Gasteiger partial charge in [0.05, 0.1) is 0 Å². The molecule has 2 amide bonds. The molecule has 0 saturated carbocycles. The summed E-state index contributed by atoms with van der Waals surface area (Å²) in [5.41, 5.74) is 1.32. The molecule has 112 valence electrons. The minimum atomic E-state index is -0.0469. The second-order valence-electron chi connectivity index (χ2n) is 5.86. The Labute approximate surface area is 123 Å². The van der Waals surface area contributed by atoms with Gasteiger partial charge in [0.1, 0.15) is 0 Å². The third kappa shape index (κ3) is 7.82. The van der Waals surface area contributed by atoms with Crippen molar-refractivity contribution in [1.29, 1.82) is 0 Å². The standard InChI is InChI=1S/C17H28N2O/c1-14(2)11-12-15(3)19-17(20)18-13-7-10-16-8-5-4-6-9-16/h4-6,8-9,14-15H,7,10-13H2,1-3H3,(H2,18,19,20). The molecule has 0 aromatic heterocycles. The van der Waals surface area contributed by atoms with Crippen molar-refractivity contribution in [1.82, 2.24) is 10.6 Å². The van der Waals surface area contributed by atoms with Gasteiger partial charge in [-0.05, 0) is 44.1 Å². The van der Waals surface area contributed by atoms with E-state index in [-0.39, 0.29) is 12.1 Å². The van der Waals surface area contributed by atoms with E-state index >= 15 is 0 Å². The second kappa shape index (κ2) is 9.40. The number of aryl methyl sites for hydroxylation is 1. The van der Waals surface area contributed by atoms with Crippen molar-refractivity contribution < 1.29 is 4.79 Å². The summed E-state index contributed by atoms with van der Waals surface area (Å²) in [5, 5.41) is 5.91. The van der Waals surface area contributed by atoms with E-state index in [0.29, 0.717) is 5.92 Å². The SMILES string of the molecule is CC(C)CCC(C)NC(=O)NCCCc1ccccc1. The molecule has 0 radical (unpaired) electrons. The fourth-order valence-electron chi connectivity index (χ4n) is 2.07. The highest BCUT2D eigenvalue weighted by molar-refractivity contribution is 5.74. The maximum absolute atomic E-state index is 11.7. The summed E-state index contributed by atoms with van der Waals surface area (Å²) in [7, 11) is 0. The largest absolute Gasteiger partial charge is 0.338 e. The highest BCUT2D eigenvalue weighted by Crippen LogP contribution is 2.06. The molecule has 1 unspecified atom stereocenters. The van der Waals surface area contributed by atoms with Crippen LogP contribution in [0.15, 0.2) is 30.3 Å². The van der Waals surface area contributed by atoms with Gasteiger partial charge in [-0.15, -0.1) is 0 Å². The number of urea groups is 1. The highest BCUT2D eigenvalue weighted by Gasteiger charge is 2.07. The third-order valence-electron chi connectivity index (χ3n) is 3.33. The van der Waals surface area contributed by atoms with Crippen LogP contribution in [0.25, 0.3) is 0 Å². The van der Waals surface area contributed by atoms with E-state index in [2.05, 4.69) is 43.5 Å². The molecule has 20 heavy (non-hydrogen) atoms. The van der Waals surface area contributed by atoms with Crippen molar-refractivity contribution in [2.75, 3.05) is 6.54 Å². The number of hydrogen-bond donors (Lipinski definition) is 2. The summed E-state index contributed by atoms with van der Waals surface area (Å²) in [5.74, 6) is 0.688.